The van der Waals surface area contributed by atoms with Gasteiger partial charge in [0.2, 0.25) is 11.8 Å². The summed E-state index contributed by atoms with van der Waals surface area (Å²) < 4.78 is 69.6. The minimum Gasteiger partial charge on any atom is -0.478 e. The summed E-state index contributed by atoms with van der Waals surface area (Å²) in [5.74, 6) is -1.57. The molecular weight excluding hydrogens is 678 g/mol. The third kappa shape index (κ3) is 8.98. The molecule has 4 heterocycles. The number of carbonyl (C=O) groups excluding carboxylic acids is 1. The molecule has 2 fully saturated rings. The monoisotopic (exact) mass is 719 g/mol. The highest BCUT2D eigenvalue weighted by Crippen LogP contribution is 2.38. The van der Waals surface area contributed by atoms with Crippen molar-refractivity contribution in [3.05, 3.63) is 53.7 Å². The molecule has 1 aromatic carbocycles. The summed E-state index contributed by atoms with van der Waals surface area (Å²) >= 11 is 0. The van der Waals surface area contributed by atoms with Gasteiger partial charge in [-0.25, -0.2) is 24.1 Å². The van der Waals surface area contributed by atoms with Gasteiger partial charge in [-0.1, -0.05) is 19.6 Å². The van der Waals surface area contributed by atoms with Crippen molar-refractivity contribution in [2.24, 2.45) is 0 Å². The smallest absolute Gasteiger partial charge is 0.417 e. The molecule has 5 rings (SSSR count). The number of carboxylic acid groups (broad SMARTS) is 1. The molecule has 270 valence electrons. The number of hydrogen-bond donors (Lipinski definition) is 2. The molecule has 0 bridgehead atoms. The number of rotatable bonds is 10. The lowest BCUT2D eigenvalue weighted by atomic mass is 10.0. The van der Waals surface area contributed by atoms with Crippen LogP contribution in [0.3, 0.4) is 0 Å². The van der Waals surface area contributed by atoms with Crippen LogP contribution in [-0.2, 0) is 10.9 Å². The van der Waals surface area contributed by atoms with E-state index in [2.05, 4.69) is 39.9 Å². The molecule has 0 unspecified atom stereocenters. The predicted octanol–water partition coefficient (Wildman–Crippen LogP) is 6.08. The van der Waals surface area contributed by atoms with Crippen LogP contribution < -0.4 is 19.9 Å². The van der Waals surface area contributed by atoms with Crippen molar-refractivity contribution in [2.45, 2.75) is 50.7 Å². The molecular formula is C33H41F4N7O5Si. The van der Waals surface area contributed by atoms with Gasteiger partial charge in [0.25, 0.3) is 5.91 Å². The number of pyridine rings is 1. The van der Waals surface area contributed by atoms with Crippen LogP contribution in [0, 0.1) is 5.82 Å². The van der Waals surface area contributed by atoms with Crippen molar-refractivity contribution < 1.29 is 41.7 Å². The first-order chi connectivity index (χ1) is 23.6. The number of hydrogen-bond acceptors (Lipinski definition) is 9. The summed E-state index contributed by atoms with van der Waals surface area (Å²) in [5.41, 5.74) is -1.35. The standard InChI is InChI=1S/C33H41F4N7O5Si/c1-42(32(46)47)22-5-7-43(8-6-22)28-17-26(34)23(21-18-39-31(40-19-21)44-9-11-48-12-10-44)15-27(28)41-30(45)24-20-38-29(16-25(24)33(35,36)37)49-13-14-50(2,3)4/h15-20,22H,5-14H2,1-4H3,(H,41,45)(H,46,47). The van der Waals surface area contributed by atoms with E-state index in [4.69, 9.17) is 9.47 Å². The van der Waals surface area contributed by atoms with Gasteiger partial charge in [0.15, 0.2) is 0 Å². The molecule has 2 amide bonds. The van der Waals surface area contributed by atoms with Gasteiger partial charge in [-0.05, 0) is 31.0 Å². The first-order valence-corrected chi connectivity index (χ1v) is 20.0. The summed E-state index contributed by atoms with van der Waals surface area (Å²) in [6, 6.07) is 3.70. The number of piperidine rings is 1. The number of halogens is 4. The zero-order chi connectivity index (χ0) is 36.2. The largest absolute Gasteiger partial charge is 0.478 e. The molecule has 0 aliphatic carbocycles. The highest BCUT2D eigenvalue weighted by Gasteiger charge is 2.37. The maximum Gasteiger partial charge on any atom is 0.417 e. The number of ether oxygens (including phenoxy) is 2. The maximum atomic E-state index is 15.9. The van der Waals surface area contributed by atoms with E-state index in [1.165, 1.54) is 36.5 Å². The first-order valence-electron chi connectivity index (χ1n) is 16.3. The number of carbonyl (C=O) groups is 2. The van der Waals surface area contributed by atoms with Crippen LogP contribution in [-0.4, -0.2) is 104 Å². The highest BCUT2D eigenvalue weighted by molar-refractivity contribution is 6.76. The molecule has 17 heteroatoms. The molecule has 0 radical (unpaired) electrons. The van der Waals surface area contributed by atoms with Gasteiger partial charge in [0.1, 0.15) is 5.82 Å². The van der Waals surface area contributed by atoms with Crippen molar-refractivity contribution in [3.63, 3.8) is 0 Å². The van der Waals surface area contributed by atoms with Crippen molar-refractivity contribution in [1.82, 2.24) is 19.9 Å². The van der Waals surface area contributed by atoms with Gasteiger partial charge in [-0.3, -0.25) is 4.79 Å². The summed E-state index contributed by atoms with van der Waals surface area (Å²) in [6.07, 6.45) is -1.42. The summed E-state index contributed by atoms with van der Waals surface area (Å²) in [7, 11) is -0.0488. The van der Waals surface area contributed by atoms with Crippen LogP contribution in [0.25, 0.3) is 11.1 Å². The molecule has 2 saturated heterocycles. The topological polar surface area (TPSA) is 133 Å². The third-order valence-corrected chi connectivity index (χ3v) is 10.5. The quantitative estimate of drug-likeness (QED) is 0.188. The van der Waals surface area contributed by atoms with Gasteiger partial charge in [0, 0.05) is 83.1 Å². The Bertz CT molecular complexity index is 1680. The molecule has 0 atom stereocenters. The molecule has 2 aliphatic heterocycles. The van der Waals surface area contributed by atoms with Crippen LogP contribution in [0.2, 0.25) is 25.7 Å². The zero-order valence-electron chi connectivity index (χ0n) is 28.4. The molecule has 0 saturated carbocycles. The van der Waals surface area contributed by atoms with Crippen molar-refractivity contribution in [3.8, 4) is 17.0 Å². The number of aromatic nitrogens is 3. The van der Waals surface area contributed by atoms with E-state index >= 15 is 4.39 Å². The normalized spacial score (nSPS) is 15.9. The average Bonchev–Trinajstić information content (AvgIpc) is 3.08. The Morgan fingerprint density at radius 3 is 2.28 bits per heavy atom. The van der Waals surface area contributed by atoms with Gasteiger partial charge in [-0.15, -0.1) is 0 Å². The highest BCUT2D eigenvalue weighted by atomic mass is 28.3. The van der Waals surface area contributed by atoms with E-state index in [9.17, 15) is 27.9 Å². The molecule has 2 N–H and O–H groups in total. The number of benzene rings is 1. The Balaban J connectivity index is 1.47. The number of morpholine rings is 1. The van der Waals surface area contributed by atoms with Crippen LogP contribution in [0.4, 0.5) is 39.7 Å². The van der Waals surface area contributed by atoms with Gasteiger partial charge in [0.05, 0.1) is 42.3 Å². The molecule has 50 heavy (non-hydrogen) atoms. The number of nitrogens with zero attached hydrogens (tertiary/aromatic N) is 6. The molecule has 2 aromatic heterocycles. The van der Waals surface area contributed by atoms with Gasteiger partial charge < -0.3 is 34.6 Å². The Hall–Kier alpha value is -4.51. The summed E-state index contributed by atoms with van der Waals surface area (Å²) in [5, 5.41) is 12.0. The van der Waals surface area contributed by atoms with Crippen LogP contribution in [0.5, 0.6) is 5.88 Å². The fourth-order valence-corrected chi connectivity index (χ4v) is 6.48. The second-order valence-corrected chi connectivity index (χ2v) is 19.1. The van der Waals surface area contributed by atoms with Crippen molar-refractivity contribution in [1.29, 1.82) is 0 Å². The molecule has 0 spiro atoms. The molecule has 2 aliphatic rings. The van der Waals surface area contributed by atoms with E-state index in [-0.39, 0.29) is 35.5 Å². The average molecular weight is 720 g/mol. The SMILES string of the molecule is CN(C(=O)O)C1CCN(c2cc(F)c(-c3cnc(N4CCOCC4)nc3)cc2NC(=O)c2cnc(OCC[Si](C)(C)C)cc2C(F)(F)F)CC1. The predicted molar refractivity (Wildman–Crippen MR) is 182 cm³/mol. The Morgan fingerprint density at radius 1 is 1.02 bits per heavy atom. The lowest BCUT2D eigenvalue weighted by molar-refractivity contribution is -0.138. The van der Waals surface area contributed by atoms with Crippen LogP contribution in [0.1, 0.15) is 28.8 Å². The second kappa shape index (κ2) is 15.2. The lowest BCUT2D eigenvalue weighted by Gasteiger charge is -2.37. The molecule has 12 nitrogen and oxygen atoms in total. The third-order valence-electron chi connectivity index (χ3n) is 8.76. The van der Waals surface area contributed by atoms with Gasteiger partial charge >= 0.3 is 12.3 Å². The number of alkyl halides is 3. The number of anilines is 3. The Kier molecular flexibility index (Phi) is 11.1. The Morgan fingerprint density at radius 2 is 1.68 bits per heavy atom. The van der Waals surface area contributed by atoms with E-state index in [0.717, 1.165) is 6.20 Å². The summed E-state index contributed by atoms with van der Waals surface area (Å²) in [4.78, 5) is 42.8. The van der Waals surface area contributed by atoms with Crippen LogP contribution >= 0.6 is 0 Å². The number of amides is 2. The fourth-order valence-electron chi connectivity index (χ4n) is 5.76. The molecule has 3 aromatic rings. The van der Waals surface area contributed by atoms with Crippen molar-refractivity contribution >= 4 is 37.4 Å². The Labute approximate surface area is 288 Å². The zero-order valence-corrected chi connectivity index (χ0v) is 29.4. The lowest BCUT2D eigenvalue weighted by Crippen LogP contribution is -2.45. The maximum absolute atomic E-state index is 15.9. The number of nitrogens with one attached hydrogen (secondary N) is 1. The fraction of sp³-hybridized carbons (Fsp3) is 0.485. The minimum atomic E-state index is -4.90. The van der Waals surface area contributed by atoms with Gasteiger partial charge in [-0.2, -0.15) is 13.2 Å². The van der Waals surface area contributed by atoms with E-state index in [1.54, 1.807) is 4.90 Å². The van der Waals surface area contributed by atoms with E-state index in [0.29, 0.717) is 75.9 Å². The second-order valence-electron chi connectivity index (χ2n) is 13.5. The first kappa shape index (κ1) is 36.8. The van der Waals surface area contributed by atoms with Crippen LogP contribution in [0.15, 0.2) is 36.8 Å². The van der Waals surface area contributed by atoms with E-state index < -0.39 is 43.2 Å². The minimum absolute atomic E-state index is 0.0263. The van der Waals surface area contributed by atoms with E-state index in [1.807, 2.05) is 4.90 Å². The summed E-state index contributed by atoms with van der Waals surface area (Å²) in [6.45, 7) is 9.37. The van der Waals surface area contributed by atoms with Crippen molar-refractivity contribution in [2.75, 3.05) is 68.2 Å².